The number of nitro groups is 1. The highest BCUT2D eigenvalue weighted by Gasteiger charge is 2.42. The second-order valence-electron chi connectivity index (χ2n) is 17.6. The van der Waals surface area contributed by atoms with Gasteiger partial charge in [0.25, 0.3) is 21.6 Å². The van der Waals surface area contributed by atoms with Gasteiger partial charge in [-0.05, 0) is 91.4 Å². The SMILES string of the molecule is O=C(NS(=O)(=O)c1ccc(NCC2COCCO2)c([N+](=O)[O-])c1)c1ccc(N2CCN(CC3=C(c4ccc(Cl)cc4)CC4(CC3)COC4)CC2)cc1N1CCCOc2nc3[nH]ccc3cc21. The fourth-order valence-corrected chi connectivity index (χ4v) is 10.7. The molecule has 1 atom stereocenters. The van der Waals surface area contributed by atoms with Crippen LogP contribution in [-0.4, -0.2) is 126 Å². The lowest BCUT2D eigenvalue weighted by atomic mass is 9.69. The van der Waals surface area contributed by atoms with Crippen LogP contribution in [0.1, 0.15) is 41.6 Å². The van der Waals surface area contributed by atoms with Gasteiger partial charge in [0.1, 0.15) is 17.0 Å². The van der Waals surface area contributed by atoms with Gasteiger partial charge in [0.2, 0.25) is 5.88 Å². The second-order valence-corrected chi connectivity index (χ2v) is 19.7. The molecule has 3 saturated heterocycles. The first-order valence-corrected chi connectivity index (χ1v) is 24.2. The average Bonchev–Trinajstić information content (AvgIpc) is 3.68. The topological polar surface area (TPSA) is 194 Å². The Labute approximate surface area is 387 Å². The van der Waals surface area contributed by atoms with Gasteiger partial charge in [-0.25, -0.2) is 13.1 Å². The molecule has 5 aromatic rings. The number of rotatable bonds is 12. The Hall–Kier alpha value is -5.76. The number of piperazine rings is 1. The van der Waals surface area contributed by atoms with E-state index in [0.29, 0.717) is 62.3 Å². The number of carbonyl (C=O) groups excluding carboxylic acids is 1. The fraction of sp³-hybridized carbons (Fsp3) is 0.404. The zero-order valence-electron chi connectivity index (χ0n) is 36.3. The molecule has 1 spiro atoms. The summed E-state index contributed by atoms with van der Waals surface area (Å²) in [5, 5.41) is 16.7. The van der Waals surface area contributed by atoms with E-state index in [0.717, 1.165) is 87.4 Å². The molecule has 66 heavy (non-hydrogen) atoms. The summed E-state index contributed by atoms with van der Waals surface area (Å²) in [6, 6.07) is 20.9. The predicted octanol–water partition coefficient (Wildman–Crippen LogP) is 6.77. The number of hydrogen-bond donors (Lipinski definition) is 3. The number of benzene rings is 3. The van der Waals surface area contributed by atoms with E-state index in [4.69, 9.17) is 35.5 Å². The van der Waals surface area contributed by atoms with Crippen molar-refractivity contribution >= 4 is 72.6 Å². The molecule has 0 bridgehead atoms. The van der Waals surface area contributed by atoms with Gasteiger partial charge in [-0.2, -0.15) is 4.98 Å². The molecular formula is C47H51ClN8O9S. The molecule has 3 fully saturated rings. The molecule has 19 heteroatoms. The van der Waals surface area contributed by atoms with Crippen LogP contribution in [-0.2, 0) is 24.2 Å². The minimum atomic E-state index is -4.60. The molecule has 0 saturated carbocycles. The highest BCUT2D eigenvalue weighted by atomic mass is 35.5. The molecule has 10 rings (SSSR count). The van der Waals surface area contributed by atoms with Crippen LogP contribution in [0, 0.1) is 15.5 Å². The Morgan fingerprint density at radius 1 is 0.955 bits per heavy atom. The molecule has 4 aliphatic heterocycles. The number of halogens is 1. The van der Waals surface area contributed by atoms with Crippen LogP contribution in [0.2, 0.25) is 5.02 Å². The van der Waals surface area contributed by atoms with Crippen molar-refractivity contribution in [3.8, 4) is 5.88 Å². The number of sulfonamides is 1. The number of ether oxygens (including phenoxy) is 4. The van der Waals surface area contributed by atoms with Gasteiger partial charge in [-0.1, -0.05) is 29.3 Å². The molecular weight excluding hydrogens is 888 g/mol. The minimum absolute atomic E-state index is 0.0964. The highest BCUT2D eigenvalue weighted by Crippen LogP contribution is 2.48. The Bertz CT molecular complexity index is 2780. The summed E-state index contributed by atoms with van der Waals surface area (Å²) in [5.41, 5.74) is 6.68. The summed E-state index contributed by atoms with van der Waals surface area (Å²) in [6.45, 7) is 7.85. The molecule has 2 aromatic heterocycles. The van der Waals surface area contributed by atoms with E-state index in [-0.39, 0.29) is 29.3 Å². The van der Waals surface area contributed by atoms with Crippen LogP contribution < -0.4 is 24.6 Å². The maximum absolute atomic E-state index is 14.4. The molecule has 1 amide bonds. The molecule has 1 aliphatic carbocycles. The summed E-state index contributed by atoms with van der Waals surface area (Å²) in [5.74, 6) is -0.509. The van der Waals surface area contributed by atoms with Crippen LogP contribution in [0.3, 0.4) is 0 Å². The Balaban J connectivity index is 0.916. The lowest BCUT2D eigenvalue weighted by Crippen LogP contribution is -2.48. The van der Waals surface area contributed by atoms with Crippen LogP contribution >= 0.6 is 11.6 Å². The van der Waals surface area contributed by atoms with E-state index in [2.05, 4.69) is 37.0 Å². The lowest BCUT2D eigenvalue weighted by molar-refractivity contribution is -0.384. The van der Waals surface area contributed by atoms with E-state index < -0.39 is 31.4 Å². The Morgan fingerprint density at radius 3 is 2.55 bits per heavy atom. The summed E-state index contributed by atoms with van der Waals surface area (Å²) in [7, 11) is -4.60. The van der Waals surface area contributed by atoms with Crippen molar-refractivity contribution in [1.29, 1.82) is 0 Å². The van der Waals surface area contributed by atoms with Crippen LogP contribution in [0.4, 0.5) is 28.4 Å². The molecule has 346 valence electrons. The third-order valence-electron chi connectivity index (χ3n) is 13.3. The van der Waals surface area contributed by atoms with Gasteiger partial charge in [0, 0.05) is 79.6 Å². The Kier molecular flexibility index (Phi) is 12.4. The number of allylic oxidation sites excluding steroid dienone is 1. The van der Waals surface area contributed by atoms with Gasteiger partial charge < -0.3 is 39.0 Å². The molecule has 3 aromatic carbocycles. The molecule has 17 nitrogen and oxygen atoms in total. The normalized spacial score (nSPS) is 20.0. The monoisotopic (exact) mass is 938 g/mol. The van der Waals surface area contributed by atoms with Gasteiger partial charge in [0.15, 0.2) is 0 Å². The molecule has 1 unspecified atom stereocenters. The number of anilines is 4. The van der Waals surface area contributed by atoms with Crippen molar-refractivity contribution in [2.24, 2.45) is 5.41 Å². The van der Waals surface area contributed by atoms with E-state index in [1.807, 2.05) is 41.3 Å². The third-order valence-corrected chi connectivity index (χ3v) is 14.8. The smallest absolute Gasteiger partial charge is 0.293 e. The number of fused-ring (bicyclic) bond motifs is 2. The highest BCUT2D eigenvalue weighted by molar-refractivity contribution is 7.90. The van der Waals surface area contributed by atoms with Crippen LogP contribution in [0.15, 0.2) is 89.5 Å². The zero-order chi connectivity index (χ0) is 45.4. The molecule has 0 radical (unpaired) electrons. The number of amides is 1. The van der Waals surface area contributed by atoms with E-state index in [1.165, 1.54) is 28.8 Å². The molecule has 3 N–H and O–H groups in total. The van der Waals surface area contributed by atoms with Crippen molar-refractivity contribution in [2.75, 3.05) is 101 Å². The maximum Gasteiger partial charge on any atom is 0.293 e. The maximum atomic E-state index is 14.4. The first kappa shape index (κ1) is 44.1. The first-order chi connectivity index (χ1) is 32.0. The van der Waals surface area contributed by atoms with Crippen molar-refractivity contribution < 1.29 is 37.1 Å². The Morgan fingerprint density at radius 2 is 1.79 bits per heavy atom. The van der Waals surface area contributed by atoms with Gasteiger partial charge in [-0.15, -0.1) is 0 Å². The molecule has 6 heterocycles. The number of hydrogen-bond acceptors (Lipinski definition) is 14. The number of aromatic amines is 1. The fourth-order valence-electron chi connectivity index (χ4n) is 9.60. The number of nitrogens with one attached hydrogen (secondary N) is 3. The second kappa shape index (κ2) is 18.5. The van der Waals surface area contributed by atoms with Gasteiger partial charge in [0.05, 0.1) is 66.8 Å². The minimum Gasteiger partial charge on any atom is -0.476 e. The molecule has 5 aliphatic rings. The summed E-state index contributed by atoms with van der Waals surface area (Å²) < 4.78 is 52.9. The number of nitrogens with zero attached hydrogens (tertiary/aromatic N) is 5. The summed E-state index contributed by atoms with van der Waals surface area (Å²) in [4.78, 5) is 40.1. The predicted molar refractivity (Wildman–Crippen MR) is 251 cm³/mol. The zero-order valence-corrected chi connectivity index (χ0v) is 37.9. The van der Waals surface area contributed by atoms with Crippen LogP contribution in [0.5, 0.6) is 5.88 Å². The number of H-pyrrole nitrogens is 1. The van der Waals surface area contributed by atoms with Gasteiger partial charge in [-0.3, -0.25) is 19.8 Å². The number of aromatic nitrogens is 2. The average molecular weight is 939 g/mol. The van der Waals surface area contributed by atoms with Crippen molar-refractivity contribution in [2.45, 2.75) is 36.7 Å². The van der Waals surface area contributed by atoms with Crippen molar-refractivity contribution in [3.05, 3.63) is 111 Å². The standard InChI is InChI=1S/C47H51ClN8O9S/c48-34-4-2-31(3-5-34)39-25-47(29-63-30-47)12-10-33(39)27-53-15-17-54(18-16-53)35-6-8-38(41(23-35)55-14-1-19-65-46-43(55)22-32-11-13-49-44(32)51-46)45(57)52-66(60,61)37-7-9-40(42(24-37)56(58)59)50-26-36-28-62-20-21-64-36/h2-9,11,13,22-24,36,50H,1,10,12,14-21,25-30H2,(H,49,51)(H,52,57). The van der Waals surface area contributed by atoms with E-state index in [1.54, 1.807) is 12.3 Å². The largest absolute Gasteiger partial charge is 0.476 e. The third kappa shape index (κ3) is 9.17. The number of carbonyl (C=O) groups is 1. The van der Waals surface area contributed by atoms with Gasteiger partial charge >= 0.3 is 0 Å². The van der Waals surface area contributed by atoms with E-state index in [9.17, 15) is 23.3 Å². The lowest BCUT2D eigenvalue weighted by Gasteiger charge is -2.46. The van der Waals surface area contributed by atoms with Crippen molar-refractivity contribution in [1.82, 2.24) is 19.6 Å². The summed E-state index contributed by atoms with van der Waals surface area (Å²) >= 11 is 6.29. The van der Waals surface area contributed by atoms with Crippen molar-refractivity contribution in [3.63, 3.8) is 0 Å². The first-order valence-electron chi connectivity index (χ1n) is 22.3. The van der Waals surface area contributed by atoms with E-state index >= 15 is 0 Å². The number of nitro benzene ring substituents is 1. The van der Waals surface area contributed by atoms with Crippen LogP contribution in [0.25, 0.3) is 16.6 Å². The summed E-state index contributed by atoms with van der Waals surface area (Å²) in [6.07, 6.45) is 5.21. The number of pyridine rings is 1. The quantitative estimate of drug-likeness (QED) is 0.0877.